The van der Waals surface area contributed by atoms with Gasteiger partial charge in [-0.05, 0) is 45.0 Å². The molecule has 7 nitrogen and oxygen atoms in total. The summed E-state index contributed by atoms with van der Waals surface area (Å²) in [6.45, 7) is 10.4. The molecule has 0 aliphatic heterocycles. The molecule has 3 aromatic rings. The van der Waals surface area contributed by atoms with Gasteiger partial charge in [-0.25, -0.2) is 0 Å². The number of nitrogens with zero attached hydrogens (tertiary/aromatic N) is 6. The van der Waals surface area contributed by atoms with E-state index in [4.69, 9.17) is 4.52 Å². The van der Waals surface area contributed by atoms with Crippen molar-refractivity contribution < 1.29 is 4.52 Å². The lowest BCUT2D eigenvalue weighted by molar-refractivity contribution is 0.375. The largest absolute Gasteiger partial charge is 0.372 e. The van der Waals surface area contributed by atoms with Crippen LogP contribution in [0.25, 0.3) is 11.4 Å². The average Bonchev–Trinajstić information content (AvgIpc) is 3.31. The fraction of sp³-hybridized carbons (Fsp3) is 0.474. The van der Waals surface area contributed by atoms with Crippen LogP contribution in [0.15, 0.2) is 33.9 Å². The molecule has 0 bridgehead atoms. The molecule has 0 spiro atoms. The molecule has 27 heavy (non-hydrogen) atoms. The van der Waals surface area contributed by atoms with E-state index in [-0.39, 0.29) is 5.25 Å². The van der Waals surface area contributed by atoms with Gasteiger partial charge >= 0.3 is 0 Å². The van der Waals surface area contributed by atoms with Gasteiger partial charge in [-0.3, -0.25) is 0 Å². The zero-order valence-corrected chi connectivity index (χ0v) is 17.3. The van der Waals surface area contributed by atoms with Crippen molar-refractivity contribution in [2.24, 2.45) is 7.05 Å². The van der Waals surface area contributed by atoms with Gasteiger partial charge < -0.3 is 14.0 Å². The Hall–Kier alpha value is -2.35. The monoisotopic (exact) mass is 386 g/mol. The van der Waals surface area contributed by atoms with E-state index < -0.39 is 0 Å². The fourth-order valence-corrected chi connectivity index (χ4v) is 3.71. The highest BCUT2D eigenvalue weighted by Gasteiger charge is 2.19. The van der Waals surface area contributed by atoms with E-state index in [1.54, 1.807) is 11.8 Å². The number of rotatable bonds is 8. The SMILES string of the molecule is CCc1noc(C(C)Sc2nnc(-c3ccc(N(CC)CC)cc3)n2C)n1. The maximum atomic E-state index is 5.33. The van der Waals surface area contributed by atoms with Crippen LogP contribution in [0.3, 0.4) is 0 Å². The molecule has 0 fully saturated rings. The van der Waals surface area contributed by atoms with Crippen molar-refractivity contribution in [2.45, 2.75) is 44.5 Å². The smallest absolute Gasteiger partial charge is 0.239 e. The number of anilines is 1. The van der Waals surface area contributed by atoms with Crippen LogP contribution < -0.4 is 4.90 Å². The van der Waals surface area contributed by atoms with Crippen LogP contribution >= 0.6 is 11.8 Å². The van der Waals surface area contributed by atoms with E-state index in [0.717, 1.165) is 41.9 Å². The molecule has 1 unspecified atom stereocenters. The van der Waals surface area contributed by atoms with Gasteiger partial charge in [0.25, 0.3) is 0 Å². The van der Waals surface area contributed by atoms with Gasteiger partial charge in [0.15, 0.2) is 16.8 Å². The van der Waals surface area contributed by atoms with Gasteiger partial charge in [-0.2, -0.15) is 4.98 Å². The zero-order chi connectivity index (χ0) is 19.4. The van der Waals surface area contributed by atoms with Gasteiger partial charge in [0.05, 0.1) is 5.25 Å². The van der Waals surface area contributed by atoms with Crippen molar-refractivity contribution in [3.8, 4) is 11.4 Å². The first kappa shape index (κ1) is 19.4. The number of thioether (sulfide) groups is 1. The third kappa shape index (κ3) is 4.16. The number of hydrogen-bond donors (Lipinski definition) is 0. The summed E-state index contributed by atoms with van der Waals surface area (Å²) in [6, 6.07) is 8.47. The Labute approximate surface area is 164 Å². The highest BCUT2D eigenvalue weighted by atomic mass is 32.2. The predicted octanol–water partition coefficient (Wildman–Crippen LogP) is 4.13. The summed E-state index contributed by atoms with van der Waals surface area (Å²) in [6.07, 6.45) is 0.762. The molecule has 144 valence electrons. The zero-order valence-electron chi connectivity index (χ0n) is 16.5. The van der Waals surface area contributed by atoms with Crippen molar-refractivity contribution in [1.29, 1.82) is 0 Å². The van der Waals surface area contributed by atoms with Crippen LogP contribution in [0.2, 0.25) is 0 Å². The highest BCUT2D eigenvalue weighted by molar-refractivity contribution is 7.99. The molecule has 0 saturated heterocycles. The second kappa shape index (κ2) is 8.56. The second-order valence-corrected chi connectivity index (χ2v) is 7.55. The first-order chi connectivity index (χ1) is 13.1. The lowest BCUT2D eigenvalue weighted by Gasteiger charge is -2.21. The Balaban J connectivity index is 1.76. The summed E-state index contributed by atoms with van der Waals surface area (Å²) in [5.74, 6) is 2.19. The Morgan fingerprint density at radius 3 is 2.41 bits per heavy atom. The quantitative estimate of drug-likeness (QED) is 0.539. The molecule has 0 aliphatic rings. The lowest BCUT2D eigenvalue weighted by atomic mass is 10.2. The molecule has 1 aromatic carbocycles. The fourth-order valence-electron chi connectivity index (χ4n) is 2.86. The summed E-state index contributed by atoms with van der Waals surface area (Å²) >= 11 is 1.56. The molecule has 2 heterocycles. The molecule has 3 rings (SSSR count). The third-order valence-electron chi connectivity index (χ3n) is 4.52. The number of aryl methyl sites for hydroxylation is 1. The number of hydrogen-bond acceptors (Lipinski definition) is 7. The van der Waals surface area contributed by atoms with Crippen LogP contribution in [0.1, 0.15) is 44.7 Å². The van der Waals surface area contributed by atoms with E-state index in [1.165, 1.54) is 5.69 Å². The molecule has 2 aromatic heterocycles. The van der Waals surface area contributed by atoms with Crippen LogP contribution in [0.4, 0.5) is 5.69 Å². The van der Waals surface area contributed by atoms with Crippen molar-refractivity contribution >= 4 is 17.4 Å². The first-order valence-corrected chi connectivity index (χ1v) is 10.2. The van der Waals surface area contributed by atoms with Crippen molar-refractivity contribution in [1.82, 2.24) is 24.9 Å². The molecule has 0 N–H and O–H groups in total. The van der Waals surface area contributed by atoms with Gasteiger partial charge in [0, 0.05) is 37.8 Å². The normalized spacial score (nSPS) is 12.3. The molecule has 0 amide bonds. The minimum absolute atomic E-state index is 0.0126. The van der Waals surface area contributed by atoms with Crippen LogP contribution in [0, 0.1) is 0 Å². The van der Waals surface area contributed by atoms with E-state index in [0.29, 0.717) is 5.89 Å². The van der Waals surface area contributed by atoms with E-state index in [9.17, 15) is 0 Å². The lowest BCUT2D eigenvalue weighted by Crippen LogP contribution is -2.21. The topological polar surface area (TPSA) is 72.9 Å². The average molecular weight is 387 g/mol. The van der Waals surface area contributed by atoms with Gasteiger partial charge in [0.2, 0.25) is 5.89 Å². The molecule has 8 heteroatoms. The molecule has 1 atom stereocenters. The Kier molecular flexibility index (Phi) is 6.15. The Morgan fingerprint density at radius 2 is 1.81 bits per heavy atom. The second-order valence-electron chi connectivity index (χ2n) is 6.25. The van der Waals surface area contributed by atoms with Gasteiger partial charge in [-0.1, -0.05) is 23.8 Å². The maximum absolute atomic E-state index is 5.33. The third-order valence-corrected chi connectivity index (χ3v) is 5.64. The van der Waals surface area contributed by atoms with Crippen LogP contribution in [-0.4, -0.2) is 38.0 Å². The highest BCUT2D eigenvalue weighted by Crippen LogP contribution is 2.34. The number of benzene rings is 1. The molecule has 0 saturated carbocycles. The maximum Gasteiger partial charge on any atom is 0.239 e. The number of aromatic nitrogens is 5. The van der Waals surface area contributed by atoms with Crippen LogP contribution in [0.5, 0.6) is 0 Å². The summed E-state index contributed by atoms with van der Waals surface area (Å²) in [5.41, 5.74) is 2.27. The predicted molar refractivity (Wildman–Crippen MR) is 108 cm³/mol. The van der Waals surface area contributed by atoms with E-state index >= 15 is 0 Å². The Morgan fingerprint density at radius 1 is 1.11 bits per heavy atom. The van der Waals surface area contributed by atoms with E-state index in [1.807, 2.05) is 25.5 Å². The summed E-state index contributed by atoms with van der Waals surface area (Å²) in [5, 5.41) is 13.5. The van der Waals surface area contributed by atoms with Gasteiger partial charge in [-0.15, -0.1) is 10.2 Å². The molecular weight excluding hydrogens is 360 g/mol. The van der Waals surface area contributed by atoms with Crippen LogP contribution in [-0.2, 0) is 13.5 Å². The molecule has 0 aliphatic carbocycles. The van der Waals surface area contributed by atoms with E-state index in [2.05, 4.69) is 63.4 Å². The van der Waals surface area contributed by atoms with Crippen molar-refractivity contribution in [3.05, 3.63) is 36.0 Å². The summed E-state index contributed by atoms with van der Waals surface area (Å²) in [7, 11) is 1.98. The summed E-state index contributed by atoms with van der Waals surface area (Å²) in [4.78, 5) is 6.72. The first-order valence-electron chi connectivity index (χ1n) is 9.31. The minimum atomic E-state index is 0.0126. The summed E-state index contributed by atoms with van der Waals surface area (Å²) < 4.78 is 7.34. The molecular formula is C19H26N6OS. The minimum Gasteiger partial charge on any atom is -0.372 e. The van der Waals surface area contributed by atoms with Crippen molar-refractivity contribution in [2.75, 3.05) is 18.0 Å². The molecule has 0 radical (unpaired) electrons. The Bertz CT molecular complexity index is 869. The van der Waals surface area contributed by atoms with Crippen molar-refractivity contribution in [3.63, 3.8) is 0 Å². The van der Waals surface area contributed by atoms with Gasteiger partial charge in [0.1, 0.15) is 0 Å². The standard InChI is InChI=1S/C19H26N6OS/c1-6-16-20-18(26-23-16)13(4)27-19-22-21-17(24(19)5)14-9-11-15(12-10-14)25(7-2)8-3/h9-13H,6-8H2,1-5H3.